The zero-order valence-electron chi connectivity index (χ0n) is 19.3. The number of aromatic nitrogens is 1. The molecule has 8 nitrogen and oxygen atoms in total. The van der Waals surface area contributed by atoms with Crippen LogP contribution in [0.5, 0.6) is 0 Å². The second-order valence-corrected chi connectivity index (χ2v) is 7.83. The van der Waals surface area contributed by atoms with E-state index >= 15 is 0 Å². The molecular formula is C26H30N4O4. The van der Waals surface area contributed by atoms with Crippen molar-refractivity contribution in [3.63, 3.8) is 0 Å². The van der Waals surface area contributed by atoms with Crippen molar-refractivity contribution < 1.29 is 19.1 Å². The molecule has 0 aliphatic heterocycles. The maximum atomic E-state index is 13.1. The van der Waals surface area contributed by atoms with Gasteiger partial charge in [0.25, 0.3) is 0 Å². The number of ether oxygens (including phenoxy) is 1. The summed E-state index contributed by atoms with van der Waals surface area (Å²) in [6, 6.07) is 17.8. The number of nitrogens with one attached hydrogen (secondary N) is 3. The summed E-state index contributed by atoms with van der Waals surface area (Å²) >= 11 is 0. The Kier molecular flexibility index (Phi) is 9.40. The van der Waals surface area contributed by atoms with Gasteiger partial charge in [0.2, 0.25) is 11.8 Å². The molecule has 0 saturated heterocycles. The first-order valence-electron chi connectivity index (χ1n) is 11.5. The van der Waals surface area contributed by atoms with Crippen molar-refractivity contribution >= 4 is 34.5 Å². The molecule has 3 amide bonds. The molecule has 8 heteroatoms. The van der Waals surface area contributed by atoms with Crippen molar-refractivity contribution in [3.8, 4) is 0 Å². The van der Waals surface area contributed by atoms with Gasteiger partial charge in [-0.25, -0.2) is 4.79 Å². The quantitative estimate of drug-likeness (QED) is 0.371. The maximum absolute atomic E-state index is 13.1. The van der Waals surface area contributed by atoms with Crippen LogP contribution < -0.4 is 16.0 Å². The van der Waals surface area contributed by atoms with Gasteiger partial charge in [0.1, 0.15) is 12.6 Å². The van der Waals surface area contributed by atoms with Gasteiger partial charge in [-0.1, -0.05) is 55.5 Å². The summed E-state index contributed by atoms with van der Waals surface area (Å²) in [5, 5.41) is 9.29. The highest BCUT2D eigenvalue weighted by molar-refractivity contribution is 6.03. The van der Waals surface area contributed by atoms with Crippen molar-refractivity contribution in [2.75, 3.05) is 11.9 Å². The third kappa shape index (κ3) is 7.58. The maximum Gasteiger partial charge on any atom is 0.408 e. The van der Waals surface area contributed by atoms with Gasteiger partial charge in [-0.15, -0.1) is 0 Å². The van der Waals surface area contributed by atoms with E-state index in [1.807, 2.05) is 54.6 Å². The van der Waals surface area contributed by atoms with Crippen molar-refractivity contribution in [1.29, 1.82) is 0 Å². The highest BCUT2D eigenvalue weighted by Crippen LogP contribution is 2.21. The summed E-state index contributed by atoms with van der Waals surface area (Å²) in [6.45, 7) is 2.42. The van der Waals surface area contributed by atoms with Gasteiger partial charge in [-0.3, -0.25) is 14.6 Å². The molecule has 2 aromatic carbocycles. The smallest absolute Gasteiger partial charge is 0.408 e. The Balaban J connectivity index is 1.62. The number of carbonyl (C=O) groups excluding carboxylic acids is 3. The molecule has 0 radical (unpaired) electrons. The van der Waals surface area contributed by atoms with Gasteiger partial charge in [0.15, 0.2) is 0 Å². The van der Waals surface area contributed by atoms with Gasteiger partial charge in [-0.05, 0) is 37.0 Å². The van der Waals surface area contributed by atoms with Crippen molar-refractivity contribution in [1.82, 2.24) is 15.6 Å². The number of hydrogen-bond acceptors (Lipinski definition) is 5. The molecule has 1 atom stereocenters. The predicted octanol–water partition coefficient (Wildman–Crippen LogP) is 4.16. The molecule has 0 aliphatic carbocycles. The first-order valence-corrected chi connectivity index (χ1v) is 11.5. The van der Waals surface area contributed by atoms with E-state index < -0.39 is 12.1 Å². The SMILES string of the molecule is CCC(=O)NCCCC[C@H](NC(=O)OCc1ccccc1)C(=O)Nc1cccc2cccnc12. The lowest BCUT2D eigenvalue weighted by Gasteiger charge is -2.19. The average Bonchev–Trinajstić information content (AvgIpc) is 2.87. The van der Waals surface area contributed by atoms with Crippen LogP contribution in [0, 0.1) is 0 Å². The summed E-state index contributed by atoms with van der Waals surface area (Å²) in [4.78, 5) is 41.3. The molecule has 178 valence electrons. The molecule has 3 aromatic rings. The molecule has 1 aromatic heterocycles. The minimum atomic E-state index is -0.802. The van der Waals surface area contributed by atoms with Gasteiger partial charge < -0.3 is 20.7 Å². The number of hydrogen-bond donors (Lipinski definition) is 3. The molecule has 0 saturated carbocycles. The van der Waals surface area contributed by atoms with Gasteiger partial charge >= 0.3 is 6.09 Å². The van der Waals surface area contributed by atoms with Crippen LogP contribution in [-0.2, 0) is 20.9 Å². The van der Waals surface area contributed by atoms with Crippen molar-refractivity contribution in [3.05, 3.63) is 72.4 Å². The van der Waals surface area contributed by atoms with Gasteiger partial charge in [0, 0.05) is 24.5 Å². The normalized spacial score (nSPS) is 11.4. The van der Waals surface area contributed by atoms with Gasteiger partial charge in [-0.2, -0.15) is 0 Å². The molecule has 0 aliphatic rings. The molecule has 3 N–H and O–H groups in total. The van der Waals surface area contributed by atoms with E-state index in [0.29, 0.717) is 43.4 Å². The third-order valence-electron chi connectivity index (χ3n) is 5.27. The van der Waals surface area contributed by atoms with E-state index in [4.69, 9.17) is 4.74 Å². The Labute approximate surface area is 199 Å². The summed E-state index contributed by atoms with van der Waals surface area (Å²) in [5.41, 5.74) is 2.10. The first-order chi connectivity index (χ1) is 16.6. The van der Waals surface area contributed by atoms with Crippen molar-refractivity contribution in [2.24, 2.45) is 0 Å². The number of benzene rings is 2. The topological polar surface area (TPSA) is 109 Å². The van der Waals surface area contributed by atoms with E-state index in [-0.39, 0.29) is 18.4 Å². The minimum absolute atomic E-state index is 0.0136. The summed E-state index contributed by atoms with van der Waals surface area (Å²) < 4.78 is 5.30. The fraction of sp³-hybridized carbons (Fsp3) is 0.308. The second kappa shape index (κ2) is 12.9. The van der Waals surface area contributed by atoms with Crippen molar-refractivity contribution in [2.45, 2.75) is 45.3 Å². The zero-order chi connectivity index (χ0) is 24.2. The highest BCUT2D eigenvalue weighted by Gasteiger charge is 2.22. The molecular weight excluding hydrogens is 432 g/mol. The summed E-state index contributed by atoms with van der Waals surface area (Å²) in [5.74, 6) is -0.368. The van der Waals surface area contributed by atoms with E-state index in [1.54, 1.807) is 19.2 Å². The van der Waals surface area contributed by atoms with Crippen LogP contribution in [0.2, 0.25) is 0 Å². The highest BCUT2D eigenvalue weighted by atomic mass is 16.5. The van der Waals surface area contributed by atoms with E-state index in [2.05, 4.69) is 20.9 Å². The second-order valence-electron chi connectivity index (χ2n) is 7.83. The standard InChI is InChI=1S/C26H30N4O4/c1-2-23(31)27-16-7-6-14-22(30-26(33)34-18-19-10-4-3-5-11-19)25(32)29-21-15-8-12-20-13-9-17-28-24(20)21/h3-5,8-13,15,17,22H,2,6-7,14,16,18H2,1H3,(H,27,31)(H,29,32)(H,30,33)/t22-/m0/s1. The summed E-state index contributed by atoms with van der Waals surface area (Å²) in [6.07, 6.45) is 3.14. The summed E-state index contributed by atoms with van der Waals surface area (Å²) in [7, 11) is 0. The van der Waals surface area contributed by atoms with Gasteiger partial charge in [0.05, 0.1) is 11.2 Å². The van der Waals surface area contributed by atoms with Crippen LogP contribution >= 0.6 is 0 Å². The molecule has 0 bridgehead atoms. The van der Waals surface area contributed by atoms with Crippen LogP contribution in [0.4, 0.5) is 10.5 Å². The predicted molar refractivity (Wildman–Crippen MR) is 131 cm³/mol. The molecule has 3 rings (SSSR count). The number of carbonyl (C=O) groups is 3. The number of unbranched alkanes of at least 4 members (excludes halogenated alkanes) is 1. The molecule has 1 heterocycles. The number of anilines is 1. The number of rotatable bonds is 11. The number of amides is 3. The van der Waals surface area contributed by atoms with Crippen LogP contribution in [0.15, 0.2) is 66.9 Å². The molecule has 0 fully saturated rings. The monoisotopic (exact) mass is 462 g/mol. The lowest BCUT2D eigenvalue weighted by atomic mass is 10.1. The Hall–Kier alpha value is -3.94. The van der Waals surface area contributed by atoms with Crippen LogP contribution in [0.1, 0.15) is 38.2 Å². The van der Waals surface area contributed by atoms with E-state index in [9.17, 15) is 14.4 Å². The fourth-order valence-corrected chi connectivity index (χ4v) is 3.43. The Morgan fingerprint density at radius 2 is 1.76 bits per heavy atom. The van der Waals surface area contributed by atoms with E-state index in [1.165, 1.54) is 0 Å². The number of pyridine rings is 1. The zero-order valence-corrected chi connectivity index (χ0v) is 19.3. The fourth-order valence-electron chi connectivity index (χ4n) is 3.43. The number of para-hydroxylation sites is 1. The van der Waals surface area contributed by atoms with Crippen LogP contribution in [0.25, 0.3) is 10.9 Å². The number of fused-ring (bicyclic) bond motifs is 1. The lowest BCUT2D eigenvalue weighted by molar-refractivity contribution is -0.121. The van der Waals surface area contributed by atoms with E-state index in [0.717, 1.165) is 10.9 Å². The number of alkyl carbamates (subject to hydrolysis) is 1. The Bertz CT molecular complexity index is 1100. The average molecular weight is 463 g/mol. The third-order valence-corrected chi connectivity index (χ3v) is 5.27. The molecule has 34 heavy (non-hydrogen) atoms. The Morgan fingerprint density at radius 1 is 0.971 bits per heavy atom. The number of nitrogens with zero attached hydrogens (tertiary/aromatic N) is 1. The Morgan fingerprint density at radius 3 is 2.56 bits per heavy atom. The lowest BCUT2D eigenvalue weighted by Crippen LogP contribution is -2.44. The van der Waals surface area contributed by atoms with Crippen LogP contribution in [-0.4, -0.2) is 35.5 Å². The first kappa shape index (κ1) is 24.7. The molecule has 0 spiro atoms. The van der Waals surface area contributed by atoms with Crippen LogP contribution in [0.3, 0.4) is 0 Å². The molecule has 0 unspecified atom stereocenters. The largest absolute Gasteiger partial charge is 0.445 e. The minimum Gasteiger partial charge on any atom is -0.445 e.